The highest BCUT2D eigenvalue weighted by atomic mass is 32.2. The van der Waals surface area contributed by atoms with Crippen molar-refractivity contribution in [2.45, 2.75) is 63.2 Å². The van der Waals surface area contributed by atoms with Crippen LogP contribution in [0.1, 0.15) is 79.8 Å². The molecule has 0 saturated heterocycles. The van der Waals surface area contributed by atoms with Crippen LogP contribution in [0.25, 0.3) is 0 Å². The SMILES string of the molecule is CCCCCCCCCCOc1ccc(C#Cc2ccc(C(=O)Sc3ccccc3)cc2)cc1. The summed E-state index contributed by atoms with van der Waals surface area (Å²) in [7, 11) is 0. The van der Waals surface area contributed by atoms with Gasteiger partial charge in [0.25, 0.3) is 0 Å². The lowest BCUT2D eigenvalue weighted by Gasteiger charge is -2.06. The summed E-state index contributed by atoms with van der Waals surface area (Å²) in [6.45, 7) is 3.03. The van der Waals surface area contributed by atoms with Crippen molar-refractivity contribution in [2.75, 3.05) is 6.61 Å². The number of ether oxygens (including phenoxy) is 1. The molecule has 0 aliphatic heterocycles. The molecule has 0 aromatic heterocycles. The summed E-state index contributed by atoms with van der Waals surface area (Å²) in [4.78, 5) is 13.4. The summed E-state index contributed by atoms with van der Waals surface area (Å²) in [6.07, 6.45) is 10.4. The molecule has 0 unspecified atom stereocenters. The van der Waals surface area contributed by atoms with E-state index in [1.807, 2.05) is 78.9 Å². The number of thioether (sulfide) groups is 1. The molecule has 3 rings (SSSR count). The largest absolute Gasteiger partial charge is 0.494 e. The van der Waals surface area contributed by atoms with Crippen molar-refractivity contribution < 1.29 is 9.53 Å². The summed E-state index contributed by atoms with van der Waals surface area (Å²) in [5.41, 5.74) is 2.51. The zero-order valence-electron chi connectivity index (χ0n) is 20.1. The summed E-state index contributed by atoms with van der Waals surface area (Å²) >= 11 is 1.24. The minimum Gasteiger partial charge on any atom is -0.494 e. The lowest BCUT2D eigenvalue weighted by Crippen LogP contribution is -1.97. The molecule has 3 aromatic rings. The van der Waals surface area contributed by atoms with E-state index in [0.717, 1.165) is 34.8 Å². The monoisotopic (exact) mass is 470 g/mol. The van der Waals surface area contributed by atoms with Gasteiger partial charge in [-0.05, 0) is 78.8 Å². The molecule has 0 bridgehead atoms. The van der Waals surface area contributed by atoms with Crippen LogP contribution in [0.3, 0.4) is 0 Å². The van der Waals surface area contributed by atoms with Crippen LogP contribution in [0.5, 0.6) is 5.75 Å². The van der Waals surface area contributed by atoms with Crippen LogP contribution < -0.4 is 4.74 Å². The predicted octanol–water partition coefficient (Wildman–Crippen LogP) is 8.54. The van der Waals surface area contributed by atoms with Crippen LogP contribution in [0.4, 0.5) is 0 Å². The van der Waals surface area contributed by atoms with E-state index in [9.17, 15) is 4.79 Å². The van der Waals surface area contributed by atoms with E-state index in [0.29, 0.717) is 5.56 Å². The predicted molar refractivity (Wildman–Crippen MR) is 144 cm³/mol. The van der Waals surface area contributed by atoms with Crippen LogP contribution >= 0.6 is 11.8 Å². The minimum atomic E-state index is 0.0354. The Morgan fingerprint density at radius 3 is 1.88 bits per heavy atom. The van der Waals surface area contributed by atoms with E-state index in [1.165, 1.54) is 56.7 Å². The molecule has 176 valence electrons. The summed E-state index contributed by atoms with van der Waals surface area (Å²) in [5.74, 6) is 7.25. The van der Waals surface area contributed by atoms with Crippen molar-refractivity contribution in [3.63, 3.8) is 0 Å². The average molecular weight is 471 g/mol. The lowest BCUT2D eigenvalue weighted by molar-refractivity contribution is 0.108. The molecule has 34 heavy (non-hydrogen) atoms. The van der Waals surface area contributed by atoms with Crippen molar-refractivity contribution in [1.82, 2.24) is 0 Å². The molecule has 0 radical (unpaired) electrons. The van der Waals surface area contributed by atoms with Gasteiger partial charge >= 0.3 is 0 Å². The first-order valence-corrected chi connectivity index (χ1v) is 13.2. The van der Waals surface area contributed by atoms with Crippen LogP contribution in [-0.4, -0.2) is 11.7 Å². The number of unbranched alkanes of at least 4 members (excludes halogenated alkanes) is 7. The van der Waals surface area contributed by atoms with Gasteiger partial charge in [-0.15, -0.1) is 0 Å². The van der Waals surface area contributed by atoms with Gasteiger partial charge in [0.15, 0.2) is 0 Å². The number of hydrogen-bond donors (Lipinski definition) is 0. The van der Waals surface area contributed by atoms with Gasteiger partial charge in [-0.3, -0.25) is 4.79 Å². The minimum absolute atomic E-state index is 0.0354. The van der Waals surface area contributed by atoms with Crippen molar-refractivity contribution in [3.05, 3.63) is 95.6 Å². The van der Waals surface area contributed by atoms with Gasteiger partial charge in [0.05, 0.1) is 6.61 Å². The molecule has 0 saturated carbocycles. The molecule has 3 heteroatoms. The molecule has 0 aliphatic rings. The van der Waals surface area contributed by atoms with E-state index in [4.69, 9.17) is 4.74 Å². The van der Waals surface area contributed by atoms with Gasteiger partial charge in [0, 0.05) is 21.6 Å². The second kappa shape index (κ2) is 15.0. The van der Waals surface area contributed by atoms with E-state index in [-0.39, 0.29) is 5.12 Å². The Balaban J connectivity index is 1.39. The number of hydrogen-bond acceptors (Lipinski definition) is 3. The molecule has 0 aliphatic carbocycles. The molecule has 0 spiro atoms. The van der Waals surface area contributed by atoms with Crippen LogP contribution in [0, 0.1) is 11.8 Å². The van der Waals surface area contributed by atoms with Crippen molar-refractivity contribution >= 4 is 16.9 Å². The normalized spacial score (nSPS) is 10.4. The second-order valence-corrected chi connectivity index (χ2v) is 9.42. The number of benzene rings is 3. The molecular weight excluding hydrogens is 436 g/mol. The van der Waals surface area contributed by atoms with Gasteiger partial charge in [0.2, 0.25) is 5.12 Å². The number of carbonyl (C=O) groups excluding carboxylic acids is 1. The van der Waals surface area contributed by atoms with Gasteiger partial charge in [0.1, 0.15) is 5.75 Å². The molecule has 0 N–H and O–H groups in total. The molecule has 0 amide bonds. The highest BCUT2D eigenvalue weighted by Gasteiger charge is 2.07. The number of carbonyl (C=O) groups is 1. The Morgan fingerprint density at radius 1 is 0.706 bits per heavy atom. The topological polar surface area (TPSA) is 26.3 Å². The first kappa shape index (κ1) is 25.7. The van der Waals surface area contributed by atoms with Crippen molar-refractivity contribution in [3.8, 4) is 17.6 Å². The maximum absolute atomic E-state index is 12.4. The molecule has 2 nitrogen and oxygen atoms in total. The second-order valence-electron chi connectivity index (χ2n) is 8.38. The van der Waals surface area contributed by atoms with Gasteiger partial charge < -0.3 is 4.74 Å². The Labute approximate surface area is 209 Å². The van der Waals surface area contributed by atoms with Gasteiger partial charge in [-0.2, -0.15) is 0 Å². The van der Waals surface area contributed by atoms with E-state index in [1.54, 1.807) is 0 Å². The molecule has 0 fully saturated rings. The lowest BCUT2D eigenvalue weighted by atomic mass is 10.1. The fraction of sp³-hybridized carbons (Fsp3) is 0.323. The Bertz CT molecular complexity index is 1040. The number of rotatable bonds is 12. The fourth-order valence-electron chi connectivity index (χ4n) is 3.55. The third-order valence-electron chi connectivity index (χ3n) is 5.55. The summed E-state index contributed by atoms with van der Waals surface area (Å²) in [5, 5.41) is 0.0354. The Hall–Kier alpha value is -2.96. The maximum Gasteiger partial charge on any atom is 0.224 e. The highest BCUT2D eigenvalue weighted by Crippen LogP contribution is 2.22. The Kier molecular flexibility index (Phi) is 11.4. The fourth-order valence-corrected chi connectivity index (χ4v) is 4.31. The summed E-state index contributed by atoms with van der Waals surface area (Å²) < 4.78 is 5.86. The van der Waals surface area contributed by atoms with Crippen molar-refractivity contribution in [2.24, 2.45) is 0 Å². The van der Waals surface area contributed by atoms with Gasteiger partial charge in [-0.25, -0.2) is 0 Å². The van der Waals surface area contributed by atoms with Crippen LogP contribution in [0.15, 0.2) is 83.8 Å². The van der Waals surface area contributed by atoms with E-state index >= 15 is 0 Å². The first-order valence-electron chi connectivity index (χ1n) is 12.4. The average Bonchev–Trinajstić information content (AvgIpc) is 2.88. The van der Waals surface area contributed by atoms with E-state index in [2.05, 4.69) is 18.8 Å². The Morgan fingerprint density at radius 2 is 1.26 bits per heavy atom. The van der Waals surface area contributed by atoms with Crippen LogP contribution in [-0.2, 0) is 0 Å². The first-order chi connectivity index (χ1) is 16.7. The summed E-state index contributed by atoms with van der Waals surface area (Å²) in [6, 6.07) is 25.1. The zero-order chi connectivity index (χ0) is 23.8. The molecule has 0 heterocycles. The highest BCUT2D eigenvalue weighted by molar-refractivity contribution is 8.14. The molecular formula is C31H34O2S. The molecule has 3 aromatic carbocycles. The maximum atomic E-state index is 12.4. The quantitative estimate of drug-likeness (QED) is 0.151. The third-order valence-corrected chi connectivity index (χ3v) is 6.48. The third kappa shape index (κ3) is 9.49. The van der Waals surface area contributed by atoms with E-state index < -0.39 is 0 Å². The van der Waals surface area contributed by atoms with Crippen molar-refractivity contribution in [1.29, 1.82) is 0 Å². The van der Waals surface area contributed by atoms with Gasteiger partial charge in [-0.1, -0.05) is 81.9 Å². The smallest absolute Gasteiger partial charge is 0.224 e. The van der Waals surface area contributed by atoms with Crippen LogP contribution in [0.2, 0.25) is 0 Å². The standard InChI is InChI=1S/C31H34O2S/c1-2-3-4-5-6-7-8-12-25-33-29-23-19-27(20-24-29)16-15-26-17-21-28(22-18-26)31(32)34-30-13-10-9-11-14-30/h9-11,13-14,17-24H,2-8,12,25H2,1H3. The zero-order valence-corrected chi connectivity index (χ0v) is 20.9. The molecule has 0 atom stereocenters.